The first-order valence-corrected chi connectivity index (χ1v) is 3.54. The highest BCUT2D eigenvalue weighted by atomic mass is 14.1. The van der Waals surface area contributed by atoms with Crippen LogP contribution in [0.15, 0.2) is 18.2 Å². The summed E-state index contributed by atoms with van der Waals surface area (Å²) >= 11 is 0. The van der Waals surface area contributed by atoms with Crippen molar-refractivity contribution in [2.45, 2.75) is 13.3 Å². The van der Waals surface area contributed by atoms with Crippen LogP contribution in [0.1, 0.15) is 16.7 Å². The van der Waals surface area contributed by atoms with Gasteiger partial charge in [0.25, 0.3) is 0 Å². The number of hydrogen-bond acceptors (Lipinski definition) is 0. The van der Waals surface area contributed by atoms with Crippen molar-refractivity contribution in [2.24, 2.45) is 0 Å². The summed E-state index contributed by atoms with van der Waals surface area (Å²) in [6, 6.07) is 7.31. The zero-order chi connectivity index (χ0) is 6.97. The maximum Gasteiger partial charge on any atom is -0.00853 e. The van der Waals surface area contributed by atoms with E-state index in [4.69, 9.17) is 0 Å². The summed E-state index contributed by atoms with van der Waals surface area (Å²) in [7, 11) is 0. The van der Waals surface area contributed by atoms with Crippen LogP contribution in [0.25, 0.3) is 6.08 Å². The first-order chi connectivity index (χ1) is 4.88. The van der Waals surface area contributed by atoms with Crippen molar-refractivity contribution in [3.05, 3.63) is 41.0 Å². The Kier molecular flexibility index (Phi) is 1.13. The second-order valence-corrected chi connectivity index (χ2v) is 2.66. The molecule has 49 valence electrons. The third-order valence-corrected chi connectivity index (χ3v) is 1.98. The van der Waals surface area contributed by atoms with E-state index in [9.17, 15) is 0 Å². The Morgan fingerprint density at radius 1 is 1.50 bits per heavy atom. The molecule has 0 unspecified atom stereocenters. The van der Waals surface area contributed by atoms with Gasteiger partial charge >= 0.3 is 0 Å². The summed E-state index contributed by atoms with van der Waals surface area (Å²) in [4.78, 5) is 0. The SMILES string of the molecule is Cc1cc[c]c2c1CC=C2. The number of hydrogen-bond donors (Lipinski definition) is 0. The number of rotatable bonds is 0. The largest absolute Gasteiger partial charge is 0.0795 e. The molecule has 2 rings (SSSR count). The molecular formula is C10H9. The molecule has 0 nitrogen and oxygen atoms in total. The molecule has 10 heavy (non-hydrogen) atoms. The van der Waals surface area contributed by atoms with Gasteiger partial charge in [0.05, 0.1) is 0 Å². The van der Waals surface area contributed by atoms with Crippen molar-refractivity contribution in [3.8, 4) is 0 Å². The molecule has 0 aromatic heterocycles. The minimum absolute atomic E-state index is 1.10. The molecule has 0 heteroatoms. The standard InChI is InChI=1S/C10H9/c1-8-4-2-5-9-6-3-7-10(8)9/h2-4,6H,7H2,1H3. The quantitative estimate of drug-likeness (QED) is 0.504. The van der Waals surface area contributed by atoms with Gasteiger partial charge in [0.1, 0.15) is 0 Å². The van der Waals surface area contributed by atoms with Crippen LogP contribution in [-0.2, 0) is 6.42 Å². The Bertz CT molecular complexity index is 282. The molecule has 0 spiro atoms. The van der Waals surface area contributed by atoms with Crippen molar-refractivity contribution in [3.63, 3.8) is 0 Å². The lowest BCUT2D eigenvalue weighted by Gasteiger charge is -2.00. The second-order valence-electron chi connectivity index (χ2n) is 2.66. The van der Waals surface area contributed by atoms with E-state index in [2.05, 4.69) is 31.2 Å². The van der Waals surface area contributed by atoms with Gasteiger partial charge < -0.3 is 0 Å². The molecule has 0 fully saturated rings. The van der Waals surface area contributed by atoms with Crippen LogP contribution in [0, 0.1) is 13.0 Å². The maximum atomic E-state index is 3.20. The van der Waals surface area contributed by atoms with E-state index in [1.807, 2.05) is 6.07 Å². The normalized spacial score (nSPS) is 13.7. The van der Waals surface area contributed by atoms with Crippen molar-refractivity contribution >= 4 is 6.08 Å². The molecule has 0 saturated heterocycles. The minimum atomic E-state index is 1.10. The lowest BCUT2D eigenvalue weighted by Crippen LogP contribution is -1.85. The number of fused-ring (bicyclic) bond motifs is 1. The lowest BCUT2D eigenvalue weighted by atomic mass is 10.0. The zero-order valence-corrected chi connectivity index (χ0v) is 6.02. The minimum Gasteiger partial charge on any atom is -0.0795 e. The molecule has 1 aromatic carbocycles. The monoisotopic (exact) mass is 129 g/mol. The third kappa shape index (κ3) is 0.688. The van der Waals surface area contributed by atoms with E-state index in [-0.39, 0.29) is 0 Å². The molecule has 1 aliphatic carbocycles. The number of aryl methyl sites for hydroxylation is 1. The maximum absolute atomic E-state index is 3.20. The van der Waals surface area contributed by atoms with Gasteiger partial charge in [0.15, 0.2) is 0 Å². The predicted molar refractivity (Wildman–Crippen MR) is 42.8 cm³/mol. The van der Waals surface area contributed by atoms with Crippen molar-refractivity contribution in [1.29, 1.82) is 0 Å². The van der Waals surface area contributed by atoms with E-state index in [1.165, 1.54) is 16.7 Å². The van der Waals surface area contributed by atoms with Gasteiger partial charge in [0, 0.05) is 0 Å². The van der Waals surface area contributed by atoms with Crippen LogP contribution in [0.4, 0.5) is 0 Å². The van der Waals surface area contributed by atoms with Crippen LogP contribution in [0.2, 0.25) is 0 Å². The first-order valence-electron chi connectivity index (χ1n) is 3.54. The van der Waals surface area contributed by atoms with Gasteiger partial charge in [-0.2, -0.15) is 0 Å². The molecular weight excluding hydrogens is 120 g/mol. The molecule has 1 aliphatic rings. The number of allylic oxidation sites excluding steroid dienone is 1. The smallest absolute Gasteiger partial charge is 0.00853 e. The highest BCUT2D eigenvalue weighted by molar-refractivity contribution is 5.60. The van der Waals surface area contributed by atoms with Crippen LogP contribution in [-0.4, -0.2) is 0 Å². The fourth-order valence-corrected chi connectivity index (χ4v) is 1.37. The fourth-order valence-electron chi connectivity index (χ4n) is 1.37. The van der Waals surface area contributed by atoms with Crippen LogP contribution < -0.4 is 0 Å². The molecule has 0 heterocycles. The Balaban J connectivity index is 2.66. The topological polar surface area (TPSA) is 0 Å². The van der Waals surface area contributed by atoms with Crippen LogP contribution in [0.3, 0.4) is 0 Å². The third-order valence-electron chi connectivity index (χ3n) is 1.98. The first kappa shape index (κ1) is 5.72. The Morgan fingerprint density at radius 2 is 2.40 bits per heavy atom. The summed E-state index contributed by atoms with van der Waals surface area (Å²) in [6.45, 7) is 2.15. The van der Waals surface area contributed by atoms with E-state index < -0.39 is 0 Å². The van der Waals surface area contributed by atoms with Gasteiger partial charge in [-0.1, -0.05) is 24.3 Å². The average molecular weight is 129 g/mol. The Hall–Kier alpha value is -1.04. The summed E-state index contributed by atoms with van der Waals surface area (Å²) in [6.07, 6.45) is 5.43. The summed E-state index contributed by atoms with van der Waals surface area (Å²) in [5.41, 5.74) is 4.11. The van der Waals surface area contributed by atoms with E-state index >= 15 is 0 Å². The van der Waals surface area contributed by atoms with E-state index in [0.717, 1.165) is 6.42 Å². The van der Waals surface area contributed by atoms with Gasteiger partial charge in [-0.25, -0.2) is 0 Å². The zero-order valence-electron chi connectivity index (χ0n) is 6.02. The average Bonchev–Trinajstić information content (AvgIpc) is 2.36. The van der Waals surface area contributed by atoms with Crippen molar-refractivity contribution in [1.82, 2.24) is 0 Å². The predicted octanol–water partition coefficient (Wildman–Crippen LogP) is 2.36. The Morgan fingerprint density at radius 3 is 3.20 bits per heavy atom. The Labute approximate surface area is 61.2 Å². The van der Waals surface area contributed by atoms with E-state index in [1.54, 1.807) is 0 Å². The molecule has 0 aliphatic heterocycles. The highest BCUT2D eigenvalue weighted by Crippen LogP contribution is 2.21. The van der Waals surface area contributed by atoms with Crippen LogP contribution in [0.5, 0.6) is 0 Å². The molecule has 0 saturated carbocycles. The van der Waals surface area contributed by atoms with E-state index in [0.29, 0.717) is 0 Å². The van der Waals surface area contributed by atoms with Crippen molar-refractivity contribution < 1.29 is 0 Å². The second kappa shape index (κ2) is 1.98. The van der Waals surface area contributed by atoms with Crippen LogP contribution >= 0.6 is 0 Å². The number of benzene rings is 1. The lowest BCUT2D eigenvalue weighted by molar-refractivity contribution is 1.24. The summed E-state index contributed by atoms with van der Waals surface area (Å²) < 4.78 is 0. The molecule has 0 amide bonds. The molecule has 0 atom stereocenters. The summed E-state index contributed by atoms with van der Waals surface area (Å²) in [5, 5.41) is 0. The van der Waals surface area contributed by atoms with Crippen molar-refractivity contribution in [2.75, 3.05) is 0 Å². The molecule has 1 aromatic rings. The van der Waals surface area contributed by atoms with Gasteiger partial charge in [-0.05, 0) is 36.1 Å². The summed E-state index contributed by atoms with van der Waals surface area (Å²) in [5.74, 6) is 0. The van der Waals surface area contributed by atoms with Gasteiger partial charge in [-0.15, -0.1) is 0 Å². The highest BCUT2D eigenvalue weighted by Gasteiger charge is 2.05. The molecule has 0 bridgehead atoms. The van der Waals surface area contributed by atoms with Gasteiger partial charge in [-0.3, -0.25) is 0 Å². The molecule has 1 radical (unpaired) electrons. The molecule has 0 N–H and O–H groups in total. The fraction of sp³-hybridized carbons (Fsp3) is 0.200. The van der Waals surface area contributed by atoms with Gasteiger partial charge in [0.2, 0.25) is 0 Å².